The molecule has 1 aliphatic rings. The molecule has 1 fully saturated rings. The van der Waals surface area contributed by atoms with Crippen LogP contribution in [0.25, 0.3) is 11.3 Å². The molecule has 138 valence electrons. The Morgan fingerprint density at radius 1 is 1.44 bits per heavy atom. The number of aliphatic hydroxyl groups excluding tert-OH is 1. The van der Waals surface area contributed by atoms with Crippen molar-refractivity contribution in [2.45, 2.75) is 26.0 Å². The first-order valence-electron chi connectivity index (χ1n) is 8.33. The highest BCUT2D eigenvalue weighted by atomic mass is 32.1. The Labute approximate surface area is 159 Å². The summed E-state index contributed by atoms with van der Waals surface area (Å²) in [5, 5.41) is 26.6. The van der Waals surface area contributed by atoms with Crippen molar-refractivity contribution in [2.24, 2.45) is 5.41 Å². The fourth-order valence-electron chi connectivity index (χ4n) is 2.68. The normalized spacial score (nSPS) is 14.6. The summed E-state index contributed by atoms with van der Waals surface area (Å²) in [6, 6.07) is 4.11. The topological polar surface area (TPSA) is 122 Å². The van der Waals surface area contributed by atoms with Crippen molar-refractivity contribution < 1.29 is 9.84 Å². The largest absolute Gasteiger partial charge is 0.493 e. The quantitative estimate of drug-likeness (QED) is 0.637. The summed E-state index contributed by atoms with van der Waals surface area (Å²) in [4.78, 5) is 8.80. The van der Waals surface area contributed by atoms with E-state index in [4.69, 9.17) is 9.84 Å². The summed E-state index contributed by atoms with van der Waals surface area (Å²) in [5.74, 6) is 0.921. The van der Waals surface area contributed by atoms with Crippen molar-refractivity contribution in [3.63, 3.8) is 0 Å². The number of hydrogen-bond donors (Lipinski definition) is 2. The van der Waals surface area contributed by atoms with Gasteiger partial charge in [0.25, 0.3) is 0 Å². The van der Waals surface area contributed by atoms with E-state index in [1.165, 1.54) is 11.5 Å². The zero-order valence-corrected chi connectivity index (χ0v) is 15.4. The van der Waals surface area contributed by atoms with Gasteiger partial charge in [-0.25, -0.2) is 9.97 Å². The van der Waals surface area contributed by atoms with Gasteiger partial charge in [0, 0.05) is 11.8 Å². The van der Waals surface area contributed by atoms with Crippen molar-refractivity contribution in [1.82, 2.24) is 24.1 Å². The van der Waals surface area contributed by atoms with Crippen molar-refractivity contribution in [3.8, 4) is 23.1 Å². The van der Waals surface area contributed by atoms with Gasteiger partial charge < -0.3 is 15.2 Å². The fraction of sp³-hybridized carbons (Fsp3) is 0.353. The third-order valence-corrected chi connectivity index (χ3v) is 5.14. The molecule has 0 atom stereocenters. The molecule has 1 aliphatic carbocycles. The Hall–Kier alpha value is -3.03. The molecule has 4 rings (SSSR count). The van der Waals surface area contributed by atoms with E-state index in [1.54, 1.807) is 30.3 Å². The Balaban J connectivity index is 1.59. The minimum Gasteiger partial charge on any atom is -0.493 e. The molecule has 0 amide bonds. The molecular formula is C17H17N7O2S. The van der Waals surface area contributed by atoms with Crippen molar-refractivity contribution in [1.29, 1.82) is 5.26 Å². The Bertz CT molecular complexity index is 1000. The minimum absolute atomic E-state index is 0.115. The lowest BCUT2D eigenvalue weighted by Gasteiger charge is -2.08. The summed E-state index contributed by atoms with van der Waals surface area (Å²) >= 11 is 1.22. The van der Waals surface area contributed by atoms with Gasteiger partial charge in [-0.2, -0.15) is 14.7 Å². The summed E-state index contributed by atoms with van der Waals surface area (Å²) in [7, 11) is 1.56. The number of hydrogen-bond acceptors (Lipinski definition) is 9. The molecule has 0 radical (unpaired) electrons. The van der Waals surface area contributed by atoms with Crippen molar-refractivity contribution in [3.05, 3.63) is 30.4 Å². The predicted molar refractivity (Wildman–Crippen MR) is 98.4 cm³/mol. The number of nitrogens with zero attached hydrogens (tertiary/aromatic N) is 6. The first-order chi connectivity index (χ1) is 13.1. The van der Waals surface area contributed by atoms with Crippen LogP contribution in [0.5, 0.6) is 5.75 Å². The van der Waals surface area contributed by atoms with Crippen LogP contribution in [0, 0.1) is 16.7 Å². The van der Waals surface area contributed by atoms with Gasteiger partial charge in [0.15, 0.2) is 5.75 Å². The van der Waals surface area contributed by atoms with Gasteiger partial charge in [0.1, 0.15) is 10.7 Å². The Morgan fingerprint density at radius 3 is 2.96 bits per heavy atom. The molecule has 3 heterocycles. The molecule has 0 spiro atoms. The highest BCUT2D eigenvalue weighted by Gasteiger charge is 2.43. The lowest BCUT2D eigenvalue weighted by Crippen LogP contribution is -2.09. The molecule has 0 aromatic carbocycles. The Morgan fingerprint density at radius 2 is 2.30 bits per heavy atom. The predicted octanol–water partition coefficient (Wildman–Crippen LogP) is 2.34. The third kappa shape index (κ3) is 3.60. The van der Waals surface area contributed by atoms with Gasteiger partial charge in [-0.15, -0.1) is 0 Å². The van der Waals surface area contributed by atoms with Crippen LogP contribution < -0.4 is 10.1 Å². The number of ether oxygens (including phenoxy) is 1. The van der Waals surface area contributed by atoms with Crippen LogP contribution in [-0.2, 0) is 13.2 Å². The van der Waals surface area contributed by atoms with Gasteiger partial charge in [-0.1, -0.05) is 0 Å². The van der Waals surface area contributed by atoms with E-state index in [1.807, 2.05) is 6.20 Å². The molecule has 3 aromatic rings. The Kier molecular flexibility index (Phi) is 4.47. The summed E-state index contributed by atoms with van der Waals surface area (Å²) in [5.41, 5.74) is 1.70. The zero-order valence-electron chi connectivity index (χ0n) is 14.6. The molecule has 3 aromatic heterocycles. The number of aromatic nitrogens is 5. The maximum atomic E-state index is 9.26. The average molecular weight is 383 g/mol. The number of anilines is 2. The van der Waals surface area contributed by atoms with E-state index >= 15 is 0 Å². The van der Waals surface area contributed by atoms with E-state index in [9.17, 15) is 5.26 Å². The van der Waals surface area contributed by atoms with Gasteiger partial charge >= 0.3 is 0 Å². The second-order valence-corrected chi connectivity index (χ2v) is 7.20. The third-order valence-electron chi connectivity index (χ3n) is 4.39. The molecule has 27 heavy (non-hydrogen) atoms. The van der Waals surface area contributed by atoms with Gasteiger partial charge in [-0.3, -0.25) is 4.68 Å². The molecule has 0 aliphatic heterocycles. The van der Waals surface area contributed by atoms with E-state index in [2.05, 4.69) is 30.8 Å². The monoisotopic (exact) mass is 383 g/mol. The molecule has 0 unspecified atom stereocenters. The lowest BCUT2D eigenvalue weighted by molar-refractivity contribution is 0.278. The molecule has 10 heteroatoms. The van der Waals surface area contributed by atoms with Crippen molar-refractivity contribution in [2.75, 3.05) is 12.4 Å². The fourth-order valence-corrected chi connectivity index (χ4v) is 3.33. The lowest BCUT2D eigenvalue weighted by atomic mass is 10.1. The SMILES string of the molecule is COc1cnc(Nc2cc(CO)ns2)nc1-c1cnn(CC2(C#N)CC2)c1. The summed E-state index contributed by atoms with van der Waals surface area (Å²) in [6.07, 6.45) is 6.98. The molecule has 9 nitrogen and oxygen atoms in total. The zero-order chi connectivity index (χ0) is 18.9. The summed E-state index contributed by atoms with van der Waals surface area (Å²) < 4.78 is 11.3. The van der Waals surface area contributed by atoms with Crippen LogP contribution in [0.1, 0.15) is 18.5 Å². The maximum absolute atomic E-state index is 9.26. The smallest absolute Gasteiger partial charge is 0.228 e. The van der Waals surface area contributed by atoms with Crippen LogP contribution in [0.3, 0.4) is 0 Å². The van der Waals surface area contributed by atoms with Crippen LogP contribution in [0.15, 0.2) is 24.7 Å². The maximum Gasteiger partial charge on any atom is 0.228 e. The van der Waals surface area contributed by atoms with E-state index < -0.39 is 0 Å². The standard InChI is InChI=1S/C17H17N7O2S/c1-26-13-6-19-16(21-14-4-12(8-25)23-27-14)22-15(13)11-5-20-24(7-11)10-17(9-18)2-3-17/h4-7,25H,2-3,8,10H2,1H3,(H,19,21,22). The van der Waals surface area contributed by atoms with Crippen LogP contribution in [0.2, 0.25) is 0 Å². The van der Waals surface area contributed by atoms with Crippen LogP contribution in [-0.4, -0.2) is 36.3 Å². The first-order valence-corrected chi connectivity index (χ1v) is 9.11. The van der Waals surface area contributed by atoms with E-state index in [0.717, 1.165) is 23.4 Å². The molecule has 0 bridgehead atoms. The average Bonchev–Trinajstić information content (AvgIpc) is 3.09. The van der Waals surface area contributed by atoms with Gasteiger partial charge in [-0.05, 0) is 30.4 Å². The number of nitrogens with one attached hydrogen (secondary N) is 1. The highest BCUT2D eigenvalue weighted by Crippen LogP contribution is 2.46. The van der Waals surface area contributed by atoms with E-state index in [0.29, 0.717) is 29.6 Å². The van der Waals surface area contributed by atoms with E-state index in [-0.39, 0.29) is 12.0 Å². The number of nitriles is 1. The molecule has 0 saturated heterocycles. The molecule has 1 saturated carbocycles. The second-order valence-electron chi connectivity index (χ2n) is 6.39. The van der Waals surface area contributed by atoms with Crippen LogP contribution in [0.4, 0.5) is 10.9 Å². The molecule has 2 N–H and O–H groups in total. The van der Waals surface area contributed by atoms with Crippen molar-refractivity contribution >= 4 is 22.5 Å². The van der Waals surface area contributed by atoms with Crippen LogP contribution >= 0.6 is 11.5 Å². The number of methoxy groups -OCH3 is 1. The number of aliphatic hydroxyl groups is 1. The minimum atomic E-state index is -0.275. The molecular weight excluding hydrogens is 366 g/mol. The highest BCUT2D eigenvalue weighted by molar-refractivity contribution is 7.10. The van der Waals surface area contributed by atoms with Gasteiger partial charge in [0.2, 0.25) is 5.95 Å². The first kappa shape index (κ1) is 17.4. The van der Waals surface area contributed by atoms with Gasteiger partial charge in [0.05, 0.1) is 49.8 Å². The second kappa shape index (κ2) is 6.94. The number of rotatable bonds is 7. The summed E-state index contributed by atoms with van der Waals surface area (Å²) in [6.45, 7) is 0.461.